The third-order valence-corrected chi connectivity index (χ3v) is 3.79. The fraction of sp³-hybridized carbons (Fsp3) is 0.375. The van der Waals surface area contributed by atoms with Crippen molar-refractivity contribution >= 4 is 11.7 Å². The summed E-state index contributed by atoms with van der Waals surface area (Å²) in [6.07, 6.45) is 11.4. The highest BCUT2D eigenvalue weighted by Gasteiger charge is 2.15. The molecule has 3 rings (SSSR count). The van der Waals surface area contributed by atoms with Gasteiger partial charge in [0.05, 0.1) is 12.4 Å². The molecule has 0 bridgehead atoms. The molecule has 1 saturated carbocycles. The number of anilines is 1. The summed E-state index contributed by atoms with van der Waals surface area (Å²) < 4.78 is 0. The van der Waals surface area contributed by atoms with Crippen LogP contribution < -0.4 is 10.6 Å². The first kappa shape index (κ1) is 14.4. The van der Waals surface area contributed by atoms with Gasteiger partial charge in [0.2, 0.25) is 0 Å². The molecular weight excluding hydrogens is 278 g/mol. The van der Waals surface area contributed by atoms with Crippen LogP contribution in [0.3, 0.4) is 0 Å². The molecule has 0 radical (unpaired) electrons. The Balaban J connectivity index is 1.54. The predicted octanol–water partition coefficient (Wildman–Crippen LogP) is 2.16. The van der Waals surface area contributed by atoms with Gasteiger partial charge in [-0.05, 0) is 30.5 Å². The van der Waals surface area contributed by atoms with E-state index in [1.54, 1.807) is 18.6 Å². The summed E-state index contributed by atoms with van der Waals surface area (Å²) in [4.78, 5) is 24.4. The minimum atomic E-state index is -0.225. The van der Waals surface area contributed by atoms with E-state index in [9.17, 15) is 4.79 Å². The number of carbonyl (C=O) groups is 1. The Morgan fingerprint density at radius 2 is 1.91 bits per heavy atom. The van der Waals surface area contributed by atoms with Crippen LogP contribution >= 0.6 is 0 Å². The number of hydrogen-bond acceptors (Lipinski definition) is 5. The Morgan fingerprint density at radius 3 is 2.59 bits per heavy atom. The highest BCUT2D eigenvalue weighted by Crippen LogP contribution is 2.20. The van der Waals surface area contributed by atoms with Crippen molar-refractivity contribution in [3.05, 3.63) is 48.2 Å². The number of aromatic nitrogens is 3. The number of carbonyl (C=O) groups excluding carboxylic acids is 1. The SMILES string of the molecule is O=C(NCc1ccncc1)c1cnc(NC2CCCC2)cn1. The van der Waals surface area contributed by atoms with E-state index in [0.29, 0.717) is 18.3 Å². The van der Waals surface area contributed by atoms with Crippen LogP contribution in [0.1, 0.15) is 41.7 Å². The lowest BCUT2D eigenvalue weighted by Gasteiger charge is -2.12. The second kappa shape index (κ2) is 6.98. The average Bonchev–Trinajstić information content (AvgIpc) is 3.07. The Labute approximate surface area is 129 Å². The standard InChI is InChI=1S/C16H19N5O/c22-16(20-9-12-5-7-17-8-6-12)14-10-19-15(11-18-14)21-13-3-1-2-4-13/h5-8,10-11,13H,1-4,9H2,(H,19,21)(H,20,22). The van der Waals surface area contributed by atoms with Gasteiger partial charge >= 0.3 is 0 Å². The second-order valence-electron chi connectivity index (χ2n) is 5.45. The zero-order chi connectivity index (χ0) is 15.2. The minimum Gasteiger partial charge on any atom is -0.366 e. The third kappa shape index (κ3) is 3.78. The van der Waals surface area contributed by atoms with Crippen molar-refractivity contribution in [3.8, 4) is 0 Å². The van der Waals surface area contributed by atoms with Gasteiger partial charge in [-0.2, -0.15) is 0 Å². The van der Waals surface area contributed by atoms with Crippen molar-refractivity contribution < 1.29 is 4.79 Å². The van der Waals surface area contributed by atoms with Crippen LogP contribution in [0.25, 0.3) is 0 Å². The summed E-state index contributed by atoms with van der Waals surface area (Å²) in [5, 5.41) is 6.17. The smallest absolute Gasteiger partial charge is 0.271 e. The molecule has 22 heavy (non-hydrogen) atoms. The van der Waals surface area contributed by atoms with Gasteiger partial charge in [-0.25, -0.2) is 9.97 Å². The quantitative estimate of drug-likeness (QED) is 0.884. The molecule has 0 aromatic carbocycles. The van der Waals surface area contributed by atoms with Gasteiger partial charge in [-0.15, -0.1) is 0 Å². The van der Waals surface area contributed by atoms with Crippen LogP contribution in [-0.2, 0) is 6.54 Å². The molecule has 1 amide bonds. The summed E-state index contributed by atoms with van der Waals surface area (Å²) in [5.74, 6) is 0.509. The highest BCUT2D eigenvalue weighted by molar-refractivity contribution is 5.91. The second-order valence-corrected chi connectivity index (χ2v) is 5.45. The molecule has 2 aromatic heterocycles. The average molecular weight is 297 g/mol. The Hall–Kier alpha value is -2.50. The van der Waals surface area contributed by atoms with Crippen LogP contribution in [0.2, 0.25) is 0 Å². The molecule has 0 saturated heterocycles. The Bertz CT molecular complexity index is 608. The minimum absolute atomic E-state index is 0.225. The highest BCUT2D eigenvalue weighted by atomic mass is 16.1. The lowest BCUT2D eigenvalue weighted by Crippen LogP contribution is -2.24. The molecule has 6 heteroatoms. The van der Waals surface area contributed by atoms with Crippen molar-refractivity contribution in [1.29, 1.82) is 0 Å². The number of nitrogens with zero attached hydrogens (tertiary/aromatic N) is 3. The van der Waals surface area contributed by atoms with Gasteiger partial charge in [0.15, 0.2) is 0 Å². The van der Waals surface area contributed by atoms with Gasteiger partial charge in [-0.1, -0.05) is 12.8 Å². The largest absolute Gasteiger partial charge is 0.366 e. The maximum atomic E-state index is 12.0. The zero-order valence-electron chi connectivity index (χ0n) is 12.3. The molecule has 0 aliphatic heterocycles. The van der Waals surface area contributed by atoms with E-state index < -0.39 is 0 Å². The molecule has 0 unspecified atom stereocenters. The molecule has 1 aliphatic rings. The van der Waals surface area contributed by atoms with Gasteiger partial charge in [-0.3, -0.25) is 9.78 Å². The molecule has 1 fully saturated rings. The van der Waals surface area contributed by atoms with Crippen LogP contribution in [0.15, 0.2) is 36.9 Å². The molecule has 0 spiro atoms. The van der Waals surface area contributed by atoms with E-state index in [4.69, 9.17) is 0 Å². The molecule has 0 atom stereocenters. The van der Waals surface area contributed by atoms with E-state index in [2.05, 4.69) is 25.6 Å². The zero-order valence-corrected chi connectivity index (χ0v) is 12.3. The van der Waals surface area contributed by atoms with E-state index in [-0.39, 0.29) is 5.91 Å². The van der Waals surface area contributed by atoms with Crippen LogP contribution in [0.5, 0.6) is 0 Å². The predicted molar refractivity (Wildman–Crippen MR) is 83.3 cm³/mol. The first-order valence-electron chi connectivity index (χ1n) is 7.57. The number of amides is 1. The van der Waals surface area contributed by atoms with E-state index in [1.807, 2.05) is 12.1 Å². The summed E-state index contributed by atoms with van der Waals surface area (Å²) >= 11 is 0. The molecule has 1 aliphatic carbocycles. The number of rotatable bonds is 5. The summed E-state index contributed by atoms with van der Waals surface area (Å²) in [7, 11) is 0. The number of hydrogen-bond donors (Lipinski definition) is 2. The summed E-state index contributed by atoms with van der Waals surface area (Å²) in [5.41, 5.74) is 1.32. The third-order valence-electron chi connectivity index (χ3n) is 3.79. The molecule has 2 aromatic rings. The van der Waals surface area contributed by atoms with Crippen molar-refractivity contribution in [3.63, 3.8) is 0 Å². The van der Waals surface area contributed by atoms with Gasteiger partial charge in [0.1, 0.15) is 11.5 Å². The fourth-order valence-electron chi connectivity index (χ4n) is 2.57. The van der Waals surface area contributed by atoms with Crippen molar-refractivity contribution in [1.82, 2.24) is 20.3 Å². The monoisotopic (exact) mass is 297 g/mol. The Kier molecular flexibility index (Phi) is 4.58. The van der Waals surface area contributed by atoms with Crippen molar-refractivity contribution in [2.24, 2.45) is 0 Å². The van der Waals surface area contributed by atoms with Crippen molar-refractivity contribution in [2.75, 3.05) is 5.32 Å². The lowest BCUT2D eigenvalue weighted by atomic mass is 10.2. The first-order valence-corrected chi connectivity index (χ1v) is 7.57. The normalized spacial score (nSPS) is 14.7. The molecule has 6 nitrogen and oxygen atoms in total. The maximum absolute atomic E-state index is 12.0. The van der Waals surface area contributed by atoms with E-state index in [0.717, 1.165) is 11.4 Å². The summed E-state index contributed by atoms with van der Waals surface area (Å²) in [6.45, 7) is 0.450. The molecule has 2 N–H and O–H groups in total. The van der Waals surface area contributed by atoms with Crippen molar-refractivity contribution in [2.45, 2.75) is 38.3 Å². The van der Waals surface area contributed by atoms with Crippen LogP contribution in [-0.4, -0.2) is 26.9 Å². The van der Waals surface area contributed by atoms with Gasteiger partial charge < -0.3 is 10.6 Å². The summed E-state index contributed by atoms with van der Waals surface area (Å²) in [6, 6.07) is 4.21. The molecule has 2 heterocycles. The lowest BCUT2D eigenvalue weighted by molar-refractivity contribution is 0.0945. The Morgan fingerprint density at radius 1 is 1.14 bits per heavy atom. The van der Waals surface area contributed by atoms with E-state index >= 15 is 0 Å². The first-order chi connectivity index (χ1) is 10.8. The number of nitrogens with one attached hydrogen (secondary N) is 2. The van der Waals surface area contributed by atoms with Gasteiger partial charge in [0, 0.05) is 25.0 Å². The molecule has 114 valence electrons. The molecular formula is C16H19N5O. The fourth-order valence-corrected chi connectivity index (χ4v) is 2.57. The maximum Gasteiger partial charge on any atom is 0.271 e. The van der Waals surface area contributed by atoms with Gasteiger partial charge in [0.25, 0.3) is 5.91 Å². The topological polar surface area (TPSA) is 79.8 Å². The van der Waals surface area contributed by atoms with Crippen LogP contribution in [0, 0.1) is 0 Å². The van der Waals surface area contributed by atoms with E-state index in [1.165, 1.54) is 31.9 Å². The van der Waals surface area contributed by atoms with Crippen LogP contribution in [0.4, 0.5) is 5.82 Å². The number of pyridine rings is 1.